The number of piperidine rings is 1. The molecule has 0 saturated carbocycles. The van der Waals surface area contributed by atoms with Gasteiger partial charge >= 0.3 is 0 Å². The van der Waals surface area contributed by atoms with Gasteiger partial charge < -0.3 is 20.0 Å². The van der Waals surface area contributed by atoms with E-state index < -0.39 is 0 Å². The highest BCUT2D eigenvalue weighted by Crippen LogP contribution is 2.31. The smallest absolute Gasteiger partial charge is 0.257 e. The maximum Gasteiger partial charge on any atom is 0.257 e. The third kappa shape index (κ3) is 6.03. The van der Waals surface area contributed by atoms with Crippen molar-refractivity contribution in [3.63, 3.8) is 0 Å². The van der Waals surface area contributed by atoms with Gasteiger partial charge in [-0.2, -0.15) is 5.10 Å². The van der Waals surface area contributed by atoms with Gasteiger partial charge in [0.2, 0.25) is 0 Å². The number of anilines is 2. The molecule has 0 radical (unpaired) electrons. The Morgan fingerprint density at radius 1 is 0.930 bits per heavy atom. The van der Waals surface area contributed by atoms with Crippen LogP contribution in [0, 0.1) is 6.92 Å². The van der Waals surface area contributed by atoms with Gasteiger partial charge in [0, 0.05) is 62.8 Å². The maximum absolute atomic E-state index is 13.3. The summed E-state index contributed by atoms with van der Waals surface area (Å²) in [5.41, 5.74) is 6.00. The second kappa shape index (κ2) is 12.0. The van der Waals surface area contributed by atoms with Gasteiger partial charge in [0.25, 0.3) is 11.8 Å². The largest absolute Gasteiger partial charge is 0.357 e. The van der Waals surface area contributed by atoms with E-state index in [2.05, 4.69) is 63.6 Å². The van der Waals surface area contributed by atoms with Gasteiger partial charge in [-0.25, -0.2) is 4.98 Å². The fraction of sp³-hybridized carbons (Fsp3) is 0.353. The van der Waals surface area contributed by atoms with Gasteiger partial charge in [0.1, 0.15) is 5.82 Å². The van der Waals surface area contributed by atoms with Crippen molar-refractivity contribution in [1.29, 1.82) is 0 Å². The van der Waals surface area contributed by atoms with Crippen molar-refractivity contribution >= 4 is 23.3 Å². The van der Waals surface area contributed by atoms with Crippen molar-refractivity contribution < 1.29 is 9.59 Å². The quantitative estimate of drug-likeness (QED) is 0.339. The van der Waals surface area contributed by atoms with Gasteiger partial charge in [0.05, 0.1) is 11.3 Å². The summed E-state index contributed by atoms with van der Waals surface area (Å²) in [6, 6.07) is 20.2. The van der Waals surface area contributed by atoms with E-state index in [1.54, 1.807) is 18.5 Å². The molecular weight excluding hydrogens is 538 g/mol. The van der Waals surface area contributed by atoms with Crippen molar-refractivity contribution in [2.45, 2.75) is 31.7 Å². The van der Waals surface area contributed by atoms with Crippen LogP contribution in [0.25, 0.3) is 11.3 Å². The molecule has 2 aromatic carbocycles. The normalized spacial score (nSPS) is 16.1. The predicted octanol–water partition coefficient (Wildman–Crippen LogP) is 4.81. The van der Waals surface area contributed by atoms with Crippen molar-refractivity contribution in [3.05, 3.63) is 95.3 Å². The predicted molar refractivity (Wildman–Crippen MR) is 170 cm³/mol. The number of benzene rings is 2. The average Bonchev–Trinajstić information content (AvgIpc) is 3.43. The lowest BCUT2D eigenvalue weighted by Crippen LogP contribution is -2.48. The van der Waals surface area contributed by atoms with E-state index in [9.17, 15) is 9.59 Å². The minimum Gasteiger partial charge on any atom is -0.357 e. The number of carbonyl (C=O) groups excluding carboxylic acids is 2. The van der Waals surface area contributed by atoms with Crippen LogP contribution in [-0.4, -0.2) is 82.7 Å². The molecule has 2 saturated heterocycles. The molecule has 4 aromatic rings. The highest BCUT2D eigenvalue weighted by atomic mass is 16.2. The van der Waals surface area contributed by atoms with Crippen molar-refractivity contribution in [3.8, 4) is 11.3 Å². The second-order valence-electron chi connectivity index (χ2n) is 11.9. The van der Waals surface area contributed by atoms with Crippen LogP contribution in [0.1, 0.15) is 50.6 Å². The van der Waals surface area contributed by atoms with Gasteiger partial charge in [0.15, 0.2) is 0 Å². The van der Waals surface area contributed by atoms with Crippen LogP contribution in [-0.2, 0) is 7.05 Å². The summed E-state index contributed by atoms with van der Waals surface area (Å²) in [7, 11) is 6.16. The number of nitrogens with one attached hydrogen (secondary N) is 1. The molecule has 0 bridgehead atoms. The lowest BCUT2D eigenvalue weighted by Gasteiger charge is -2.39. The number of amides is 2. The van der Waals surface area contributed by atoms with E-state index in [4.69, 9.17) is 0 Å². The first-order valence-electron chi connectivity index (χ1n) is 14.9. The Kier molecular flexibility index (Phi) is 7.99. The van der Waals surface area contributed by atoms with Crippen molar-refractivity contribution in [2.75, 3.05) is 50.5 Å². The van der Waals surface area contributed by atoms with Crippen molar-refractivity contribution in [1.82, 2.24) is 24.6 Å². The molecule has 9 nitrogen and oxygen atoms in total. The van der Waals surface area contributed by atoms with Crippen LogP contribution in [0.2, 0.25) is 0 Å². The molecule has 9 heteroatoms. The molecule has 0 atom stereocenters. The molecule has 2 fully saturated rings. The zero-order valence-corrected chi connectivity index (χ0v) is 25.3. The van der Waals surface area contributed by atoms with Crippen molar-refractivity contribution in [2.24, 2.45) is 7.05 Å². The van der Waals surface area contributed by atoms with Gasteiger partial charge in [-0.3, -0.25) is 14.3 Å². The molecule has 6 rings (SSSR count). The van der Waals surface area contributed by atoms with E-state index in [0.717, 1.165) is 48.6 Å². The lowest BCUT2D eigenvalue weighted by atomic mass is 9.90. The summed E-state index contributed by atoms with van der Waals surface area (Å²) in [6.45, 7) is 5.43. The molecule has 222 valence electrons. The second-order valence-corrected chi connectivity index (χ2v) is 11.9. The summed E-state index contributed by atoms with van der Waals surface area (Å²) in [5, 5.41) is 7.24. The third-order valence-corrected chi connectivity index (χ3v) is 9.01. The van der Waals surface area contributed by atoms with Gasteiger partial charge in [-0.05, 0) is 86.9 Å². The number of aromatic nitrogens is 3. The Morgan fingerprint density at radius 3 is 2.30 bits per heavy atom. The third-order valence-electron chi connectivity index (χ3n) is 9.01. The van der Waals surface area contributed by atoms with Crippen LogP contribution in [0.4, 0.5) is 11.5 Å². The number of hydrogen-bond donors (Lipinski definition) is 1. The van der Waals surface area contributed by atoms with E-state index in [1.807, 2.05) is 53.9 Å². The summed E-state index contributed by atoms with van der Waals surface area (Å²) >= 11 is 0. The Hall–Kier alpha value is -4.50. The molecule has 2 amide bonds. The lowest BCUT2D eigenvalue weighted by molar-refractivity contribution is 0.0602. The minimum atomic E-state index is -0.243. The fourth-order valence-electron chi connectivity index (χ4n) is 6.00. The Morgan fingerprint density at radius 2 is 1.65 bits per heavy atom. The standard InChI is InChI=1S/C34H39N7O2/c1-23-5-6-26(34(43)41-21-28(22-41)24-7-9-25(10-8-24)31-13-16-36-40(31)4)19-30(23)37-33(42)27-11-12-32(35-20-27)39(3)29-14-17-38(2)18-15-29/h5-13,16,19-20,28-29H,14-15,17-18,21-22H2,1-4H3,(H,37,42). The number of hydrogen-bond acceptors (Lipinski definition) is 6. The molecule has 4 heterocycles. The van der Waals surface area contributed by atoms with E-state index in [0.29, 0.717) is 41.9 Å². The summed E-state index contributed by atoms with van der Waals surface area (Å²) in [5.74, 6) is 0.906. The zero-order valence-electron chi connectivity index (χ0n) is 25.3. The maximum atomic E-state index is 13.3. The summed E-state index contributed by atoms with van der Waals surface area (Å²) in [4.78, 5) is 37.4. The number of aryl methyl sites for hydroxylation is 2. The van der Waals surface area contributed by atoms with E-state index in [-0.39, 0.29) is 11.8 Å². The topological polar surface area (TPSA) is 86.6 Å². The molecule has 2 aromatic heterocycles. The Balaban J connectivity index is 1.06. The average molecular weight is 578 g/mol. The first kappa shape index (κ1) is 28.6. The zero-order chi connectivity index (χ0) is 30.1. The molecule has 1 N–H and O–H groups in total. The van der Waals surface area contributed by atoms with Gasteiger partial charge in [-0.15, -0.1) is 0 Å². The highest BCUT2D eigenvalue weighted by molar-refractivity contribution is 6.05. The van der Waals surface area contributed by atoms with Crippen LogP contribution in [0.3, 0.4) is 0 Å². The molecule has 0 spiro atoms. The minimum absolute atomic E-state index is 0.0267. The monoisotopic (exact) mass is 577 g/mol. The molecule has 2 aliphatic rings. The number of carbonyl (C=O) groups is 2. The molecule has 0 aliphatic carbocycles. The van der Waals surface area contributed by atoms with Crippen LogP contribution < -0.4 is 10.2 Å². The molecule has 0 unspecified atom stereocenters. The SMILES string of the molecule is Cc1ccc(C(=O)N2CC(c3ccc(-c4ccnn4C)cc3)C2)cc1NC(=O)c1ccc(N(C)C2CCN(C)CC2)nc1. The summed E-state index contributed by atoms with van der Waals surface area (Å²) in [6.07, 6.45) is 5.63. The van der Waals surface area contributed by atoms with Gasteiger partial charge in [-0.1, -0.05) is 30.3 Å². The number of likely N-dealkylation sites (tertiary alicyclic amines) is 2. The Bertz CT molecular complexity index is 1600. The van der Waals surface area contributed by atoms with E-state index in [1.165, 1.54) is 5.56 Å². The fourth-order valence-corrected chi connectivity index (χ4v) is 6.00. The first-order chi connectivity index (χ1) is 20.8. The first-order valence-corrected chi connectivity index (χ1v) is 14.9. The molecular formula is C34H39N7O2. The Labute approximate surface area is 253 Å². The van der Waals surface area contributed by atoms with E-state index >= 15 is 0 Å². The summed E-state index contributed by atoms with van der Waals surface area (Å²) < 4.78 is 1.86. The number of rotatable bonds is 7. The van der Waals surface area contributed by atoms with Crippen LogP contribution >= 0.6 is 0 Å². The number of pyridine rings is 1. The highest BCUT2D eigenvalue weighted by Gasteiger charge is 2.32. The number of nitrogens with zero attached hydrogens (tertiary/aromatic N) is 6. The molecule has 2 aliphatic heterocycles. The molecule has 43 heavy (non-hydrogen) atoms. The van der Waals surface area contributed by atoms with Crippen LogP contribution in [0.5, 0.6) is 0 Å². The van der Waals surface area contributed by atoms with Crippen LogP contribution in [0.15, 0.2) is 73.1 Å².